The molecule has 3 rings (SSSR count). The van der Waals surface area contributed by atoms with Crippen molar-refractivity contribution in [3.05, 3.63) is 74.9 Å². The van der Waals surface area contributed by atoms with Crippen molar-refractivity contribution in [2.24, 2.45) is 14.1 Å². The van der Waals surface area contributed by atoms with Crippen molar-refractivity contribution in [3.8, 4) is 0 Å². The molecule has 1 aromatic heterocycles. The van der Waals surface area contributed by atoms with E-state index >= 15 is 0 Å². The van der Waals surface area contributed by atoms with Crippen LogP contribution in [0.25, 0.3) is 10.8 Å². The molecule has 0 radical (unpaired) electrons. The van der Waals surface area contributed by atoms with E-state index in [-0.39, 0.29) is 5.82 Å². The van der Waals surface area contributed by atoms with E-state index in [1.807, 2.05) is 24.3 Å². The van der Waals surface area contributed by atoms with Crippen LogP contribution in [0.15, 0.2) is 58.1 Å². The average molecular weight is 367 g/mol. The van der Waals surface area contributed by atoms with Crippen LogP contribution in [-0.2, 0) is 23.6 Å². The van der Waals surface area contributed by atoms with Gasteiger partial charge in [-0.15, -0.1) is 0 Å². The van der Waals surface area contributed by atoms with Crippen LogP contribution in [0.3, 0.4) is 0 Å². The zero-order valence-electron chi connectivity index (χ0n) is 14.8. The maximum absolute atomic E-state index is 12.2. The third kappa shape index (κ3) is 3.79. The monoisotopic (exact) mass is 367 g/mol. The van der Waals surface area contributed by atoms with E-state index in [2.05, 4.69) is 5.32 Å². The zero-order chi connectivity index (χ0) is 19.6. The van der Waals surface area contributed by atoms with Gasteiger partial charge in [0.1, 0.15) is 5.82 Å². The summed E-state index contributed by atoms with van der Waals surface area (Å²) in [5.74, 6) is -1.28. The normalized spacial score (nSPS) is 10.6. The van der Waals surface area contributed by atoms with Crippen molar-refractivity contribution < 1.29 is 14.3 Å². The molecule has 0 bridgehead atoms. The fraction of sp³-hybridized carbons (Fsp3) is 0.158. The van der Waals surface area contributed by atoms with Crippen LogP contribution in [0.4, 0.5) is 5.82 Å². The number of hydrogen-bond acceptors (Lipinski definition) is 5. The maximum atomic E-state index is 12.2. The molecule has 0 aliphatic carbocycles. The molecule has 1 amide bonds. The first-order valence-corrected chi connectivity index (χ1v) is 8.09. The second kappa shape index (κ2) is 7.28. The molecule has 0 aliphatic heterocycles. The van der Waals surface area contributed by atoms with Gasteiger partial charge in [0.05, 0.1) is 5.56 Å². The van der Waals surface area contributed by atoms with Gasteiger partial charge < -0.3 is 10.1 Å². The summed E-state index contributed by atoms with van der Waals surface area (Å²) in [6.45, 7) is -0.547. The number of esters is 1. The van der Waals surface area contributed by atoms with Gasteiger partial charge in [-0.1, -0.05) is 30.3 Å². The first-order valence-electron chi connectivity index (χ1n) is 8.09. The quantitative estimate of drug-likeness (QED) is 0.695. The Morgan fingerprint density at radius 1 is 0.963 bits per heavy atom. The first-order chi connectivity index (χ1) is 12.9. The molecule has 0 aliphatic rings. The second-order valence-electron chi connectivity index (χ2n) is 5.95. The van der Waals surface area contributed by atoms with E-state index in [9.17, 15) is 19.2 Å². The summed E-state index contributed by atoms with van der Waals surface area (Å²) in [5, 5.41) is 4.25. The second-order valence-corrected chi connectivity index (χ2v) is 5.95. The molecule has 0 atom stereocenters. The highest BCUT2D eigenvalue weighted by molar-refractivity contribution is 5.97. The van der Waals surface area contributed by atoms with Crippen LogP contribution in [0.1, 0.15) is 10.4 Å². The van der Waals surface area contributed by atoms with E-state index in [4.69, 9.17) is 4.74 Å². The predicted molar refractivity (Wildman–Crippen MR) is 99.8 cm³/mol. The minimum Gasteiger partial charge on any atom is -0.452 e. The SMILES string of the molecule is Cn1c(NC(=O)COC(=O)c2ccc3ccccc3c2)cc(=O)n(C)c1=O. The van der Waals surface area contributed by atoms with Gasteiger partial charge >= 0.3 is 11.7 Å². The topological polar surface area (TPSA) is 99.4 Å². The third-order valence-electron chi connectivity index (χ3n) is 4.11. The molecule has 27 heavy (non-hydrogen) atoms. The summed E-state index contributed by atoms with van der Waals surface area (Å²) in [6.07, 6.45) is 0. The number of carbonyl (C=O) groups excluding carboxylic acids is 2. The van der Waals surface area contributed by atoms with Crippen LogP contribution in [0, 0.1) is 0 Å². The Morgan fingerprint density at radius 3 is 2.41 bits per heavy atom. The van der Waals surface area contributed by atoms with E-state index in [0.717, 1.165) is 26.0 Å². The lowest BCUT2D eigenvalue weighted by Crippen LogP contribution is -2.38. The van der Waals surface area contributed by atoms with Gasteiger partial charge in [-0.2, -0.15) is 0 Å². The van der Waals surface area contributed by atoms with Gasteiger partial charge in [0.25, 0.3) is 11.5 Å². The average Bonchev–Trinajstić information content (AvgIpc) is 2.68. The summed E-state index contributed by atoms with van der Waals surface area (Å²) in [7, 11) is 2.75. The number of nitrogens with zero attached hydrogens (tertiary/aromatic N) is 2. The van der Waals surface area contributed by atoms with Gasteiger partial charge in [-0.25, -0.2) is 9.59 Å². The number of benzene rings is 2. The van der Waals surface area contributed by atoms with E-state index < -0.39 is 29.7 Å². The fourth-order valence-corrected chi connectivity index (χ4v) is 2.56. The Labute approximate surface area is 153 Å². The van der Waals surface area contributed by atoms with E-state index in [0.29, 0.717) is 5.56 Å². The highest BCUT2D eigenvalue weighted by Crippen LogP contribution is 2.16. The molecular weight excluding hydrogens is 350 g/mol. The van der Waals surface area contributed by atoms with Crippen LogP contribution >= 0.6 is 0 Å². The molecule has 0 fully saturated rings. The van der Waals surface area contributed by atoms with Crippen molar-refractivity contribution in [1.82, 2.24) is 9.13 Å². The predicted octanol–water partition coefficient (Wildman–Crippen LogP) is 1.03. The Kier molecular flexibility index (Phi) is 4.89. The Hall–Kier alpha value is -3.68. The summed E-state index contributed by atoms with van der Waals surface area (Å²) in [5.41, 5.74) is -0.810. The summed E-state index contributed by atoms with van der Waals surface area (Å²) in [4.78, 5) is 47.7. The van der Waals surface area contributed by atoms with Crippen LogP contribution in [-0.4, -0.2) is 27.6 Å². The molecule has 8 heteroatoms. The number of fused-ring (bicyclic) bond motifs is 1. The molecule has 1 N–H and O–H groups in total. The van der Waals surface area contributed by atoms with Crippen LogP contribution in [0.5, 0.6) is 0 Å². The van der Waals surface area contributed by atoms with Gasteiger partial charge in [-0.3, -0.25) is 18.7 Å². The van der Waals surface area contributed by atoms with Crippen molar-refractivity contribution in [2.45, 2.75) is 0 Å². The molecular formula is C19H17N3O5. The Morgan fingerprint density at radius 2 is 1.67 bits per heavy atom. The molecule has 0 saturated carbocycles. The number of amides is 1. The summed E-state index contributed by atoms with van der Waals surface area (Å²) in [6, 6.07) is 13.8. The van der Waals surface area contributed by atoms with Crippen molar-refractivity contribution in [3.63, 3.8) is 0 Å². The van der Waals surface area contributed by atoms with E-state index in [1.165, 1.54) is 14.1 Å². The maximum Gasteiger partial charge on any atom is 0.338 e. The molecule has 0 saturated heterocycles. The Balaban J connectivity index is 1.67. The van der Waals surface area contributed by atoms with Crippen molar-refractivity contribution in [1.29, 1.82) is 0 Å². The number of ether oxygens (including phenoxy) is 1. The lowest BCUT2D eigenvalue weighted by Gasteiger charge is -2.11. The smallest absolute Gasteiger partial charge is 0.338 e. The number of aromatic nitrogens is 2. The van der Waals surface area contributed by atoms with Gasteiger partial charge in [0.2, 0.25) is 0 Å². The number of carbonyl (C=O) groups is 2. The van der Waals surface area contributed by atoms with Crippen molar-refractivity contribution in [2.75, 3.05) is 11.9 Å². The molecule has 3 aromatic rings. The number of anilines is 1. The molecule has 0 unspecified atom stereocenters. The molecule has 1 heterocycles. The fourth-order valence-electron chi connectivity index (χ4n) is 2.56. The first kappa shape index (κ1) is 18.1. The lowest BCUT2D eigenvalue weighted by molar-refractivity contribution is -0.119. The van der Waals surface area contributed by atoms with Crippen LogP contribution in [0.2, 0.25) is 0 Å². The standard InChI is InChI=1S/C19H17N3O5/c1-21-15(10-17(24)22(2)19(21)26)20-16(23)11-27-18(25)14-8-7-12-5-3-4-6-13(12)9-14/h3-10H,11H2,1-2H3,(H,20,23). The lowest BCUT2D eigenvalue weighted by atomic mass is 10.1. The summed E-state index contributed by atoms with van der Waals surface area (Å²) < 4.78 is 7.04. The van der Waals surface area contributed by atoms with Gasteiger partial charge in [0.15, 0.2) is 6.61 Å². The molecule has 2 aromatic carbocycles. The molecule has 8 nitrogen and oxygen atoms in total. The highest BCUT2D eigenvalue weighted by atomic mass is 16.5. The number of rotatable bonds is 4. The van der Waals surface area contributed by atoms with Gasteiger partial charge in [-0.05, 0) is 22.9 Å². The van der Waals surface area contributed by atoms with E-state index in [1.54, 1.807) is 18.2 Å². The minimum absolute atomic E-state index is 0.0230. The van der Waals surface area contributed by atoms with Crippen molar-refractivity contribution >= 4 is 28.5 Å². The third-order valence-corrected chi connectivity index (χ3v) is 4.11. The van der Waals surface area contributed by atoms with Gasteiger partial charge in [0, 0.05) is 20.2 Å². The number of hydrogen-bond donors (Lipinski definition) is 1. The highest BCUT2D eigenvalue weighted by Gasteiger charge is 2.13. The Bertz CT molecular complexity index is 1160. The number of nitrogens with one attached hydrogen (secondary N) is 1. The zero-order valence-corrected chi connectivity index (χ0v) is 14.8. The van der Waals surface area contributed by atoms with Crippen LogP contribution < -0.4 is 16.6 Å². The summed E-state index contributed by atoms with van der Waals surface area (Å²) >= 11 is 0. The molecule has 0 spiro atoms. The minimum atomic E-state index is -0.660. The largest absolute Gasteiger partial charge is 0.452 e. The molecule has 138 valence electrons.